The average molecular weight is 404 g/mol. The van der Waals surface area contributed by atoms with Gasteiger partial charge in [0.15, 0.2) is 0 Å². The summed E-state index contributed by atoms with van der Waals surface area (Å²) in [5.41, 5.74) is 2.11. The van der Waals surface area contributed by atoms with Crippen molar-refractivity contribution < 1.29 is 13.2 Å². The SMILES string of the molecule is Cn1ncc2c1CCC[C@H]2NS(=O)(=O)c1ccc(OCC2CCCCC2)cc1. The fourth-order valence-electron chi connectivity index (χ4n) is 4.37. The number of aryl methyl sites for hydroxylation is 1. The third-order valence-electron chi connectivity index (χ3n) is 6.02. The Bertz CT molecular complexity index is 899. The number of aromatic nitrogens is 2. The monoisotopic (exact) mass is 403 g/mol. The van der Waals surface area contributed by atoms with Gasteiger partial charge in [0.05, 0.1) is 23.7 Å². The lowest BCUT2D eigenvalue weighted by Gasteiger charge is -2.24. The van der Waals surface area contributed by atoms with Gasteiger partial charge in [0.1, 0.15) is 5.75 Å². The zero-order chi connectivity index (χ0) is 19.6. The summed E-state index contributed by atoms with van der Waals surface area (Å²) in [6.07, 6.45) is 10.8. The summed E-state index contributed by atoms with van der Waals surface area (Å²) in [4.78, 5) is 0.272. The topological polar surface area (TPSA) is 73.2 Å². The molecule has 0 saturated heterocycles. The first-order valence-electron chi connectivity index (χ1n) is 10.3. The number of hydrogen-bond donors (Lipinski definition) is 1. The van der Waals surface area contributed by atoms with E-state index in [2.05, 4.69) is 9.82 Å². The van der Waals surface area contributed by atoms with Crippen LogP contribution in [-0.2, 0) is 23.5 Å². The summed E-state index contributed by atoms with van der Waals surface area (Å²) in [7, 11) is -1.68. The quantitative estimate of drug-likeness (QED) is 0.797. The molecule has 0 spiro atoms. The standard InChI is InChI=1S/C21H29N3O3S/c1-24-21-9-5-8-20(19(21)14-22-24)23-28(25,26)18-12-10-17(11-13-18)27-15-16-6-3-2-4-7-16/h10-14,16,20,23H,2-9,15H2,1H3/t20-/m1/s1. The van der Waals surface area contributed by atoms with Crippen molar-refractivity contribution in [2.24, 2.45) is 13.0 Å². The summed E-state index contributed by atoms with van der Waals surface area (Å²) >= 11 is 0. The Morgan fingerprint density at radius 2 is 1.86 bits per heavy atom. The second kappa shape index (κ2) is 8.25. The van der Waals surface area contributed by atoms with Crippen LogP contribution in [0.2, 0.25) is 0 Å². The summed E-state index contributed by atoms with van der Waals surface area (Å²) in [6.45, 7) is 0.718. The van der Waals surface area contributed by atoms with E-state index in [0.717, 1.165) is 42.9 Å². The van der Waals surface area contributed by atoms with Gasteiger partial charge in [-0.1, -0.05) is 19.3 Å². The average Bonchev–Trinajstić information content (AvgIpc) is 3.09. The van der Waals surface area contributed by atoms with Gasteiger partial charge in [0.25, 0.3) is 0 Å². The molecule has 1 atom stereocenters. The van der Waals surface area contributed by atoms with E-state index in [0.29, 0.717) is 5.92 Å². The van der Waals surface area contributed by atoms with Crippen LogP contribution in [0.3, 0.4) is 0 Å². The normalized spacial score (nSPS) is 20.7. The molecule has 1 saturated carbocycles. The van der Waals surface area contributed by atoms with Crippen LogP contribution < -0.4 is 9.46 Å². The van der Waals surface area contributed by atoms with E-state index >= 15 is 0 Å². The van der Waals surface area contributed by atoms with Crippen LogP contribution in [0.25, 0.3) is 0 Å². The lowest BCUT2D eigenvalue weighted by Crippen LogP contribution is -2.31. The van der Waals surface area contributed by atoms with Crippen LogP contribution in [0.15, 0.2) is 35.4 Å². The lowest BCUT2D eigenvalue weighted by molar-refractivity contribution is 0.209. The van der Waals surface area contributed by atoms with Crippen LogP contribution >= 0.6 is 0 Å². The molecule has 0 bridgehead atoms. The second-order valence-corrected chi connectivity index (χ2v) is 9.74. The van der Waals surface area contributed by atoms with Gasteiger partial charge in [0, 0.05) is 18.3 Å². The van der Waals surface area contributed by atoms with Gasteiger partial charge < -0.3 is 4.74 Å². The van der Waals surface area contributed by atoms with Crippen LogP contribution in [0.1, 0.15) is 62.2 Å². The highest BCUT2D eigenvalue weighted by molar-refractivity contribution is 7.89. The first-order valence-corrected chi connectivity index (χ1v) is 11.8. The van der Waals surface area contributed by atoms with E-state index in [1.807, 2.05) is 11.7 Å². The highest BCUT2D eigenvalue weighted by Crippen LogP contribution is 2.31. The molecule has 1 aromatic heterocycles. The molecule has 7 heteroatoms. The first-order chi connectivity index (χ1) is 13.5. The molecule has 0 amide bonds. The Hall–Kier alpha value is -1.86. The van der Waals surface area contributed by atoms with E-state index in [1.165, 1.54) is 32.1 Å². The number of benzene rings is 1. The maximum absolute atomic E-state index is 12.9. The molecule has 2 aliphatic carbocycles. The lowest BCUT2D eigenvalue weighted by atomic mass is 9.90. The maximum atomic E-state index is 12.9. The first kappa shape index (κ1) is 19.5. The molecule has 1 heterocycles. The maximum Gasteiger partial charge on any atom is 0.241 e. The van der Waals surface area contributed by atoms with Crippen molar-refractivity contribution in [3.63, 3.8) is 0 Å². The molecule has 2 aliphatic rings. The molecule has 4 rings (SSSR count). The van der Waals surface area contributed by atoms with Gasteiger partial charge in [0.2, 0.25) is 10.0 Å². The Labute approximate surface area is 167 Å². The molecule has 1 N–H and O–H groups in total. The van der Waals surface area contributed by atoms with E-state index in [4.69, 9.17) is 4.74 Å². The second-order valence-electron chi connectivity index (χ2n) is 8.02. The van der Waals surface area contributed by atoms with Crippen molar-refractivity contribution in [3.8, 4) is 5.75 Å². The van der Waals surface area contributed by atoms with Gasteiger partial charge in [-0.05, 0) is 62.3 Å². The Balaban J connectivity index is 1.40. The molecular weight excluding hydrogens is 374 g/mol. The van der Waals surface area contributed by atoms with E-state index in [1.54, 1.807) is 30.5 Å². The predicted octanol–water partition coefficient (Wildman–Crippen LogP) is 3.74. The van der Waals surface area contributed by atoms with Crippen molar-refractivity contribution in [2.75, 3.05) is 6.61 Å². The number of ether oxygens (including phenoxy) is 1. The van der Waals surface area contributed by atoms with Crippen molar-refractivity contribution in [1.29, 1.82) is 0 Å². The van der Waals surface area contributed by atoms with E-state index < -0.39 is 10.0 Å². The van der Waals surface area contributed by atoms with Crippen LogP contribution in [0.4, 0.5) is 0 Å². The molecule has 1 aromatic carbocycles. The molecule has 28 heavy (non-hydrogen) atoms. The predicted molar refractivity (Wildman–Crippen MR) is 108 cm³/mol. The van der Waals surface area contributed by atoms with Gasteiger partial charge in [-0.2, -0.15) is 5.10 Å². The fourth-order valence-corrected chi connectivity index (χ4v) is 5.62. The zero-order valence-electron chi connectivity index (χ0n) is 16.4. The Morgan fingerprint density at radius 3 is 2.61 bits per heavy atom. The zero-order valence-corrected chi connectivity index (χ0v) is 17.2. The highest BCUT2D eigenvalue weighted by Gasteiger charge is 2.28. The highest BCUT2D eigenvalue weighted by atomic mass is 32.2. The molecule has 1 fully saturated rings. The number of sulfonamides is 1. The molecule has 0 unspecified atom stereocenters. The molecular formula is C21H29N3O3S. The molecule has 0 aliphatic heterocycles. The smallest absolute Gasteiger partial charge is 0.241 e. The van der Waals surface area contributed by atoms with Gasteiger partial charge in [-0.25, -0.2) is 13.1 Å². The Morgan fingerprint density at radius 1 is 1.11 bits per heavy atom. The van der Waals surface area contributed by atoms with Crippen LogP contribution in [0, 0.1) is 5.92 Å². The molecule has 152 valence electrons. The summed E-state index contributed by atoms with van der Waals surface area (Å²) < 4.78 is 36.3. The number of fused-ring (bicyclic) bond motifs is 1. The Kier molecular flexibility index (Phi) is 5.73. The van der Waals surface area contributed by atoms with Crippen molar-refractivity contribution in [2.45, 2.75) is 62.3 Å². The number of nitrogens with one attached hydrogen (secondary N) is 1. The van der Waals surface area contributed by atoms with Gasteiger partial charge >= 0.3 is 0 Å². The summed E-state index contributed by atoms with van der Waals surface area (Å²) in [5, 5.41) is 4.29. The van der Waals surface area contributed by atoms with Crippen molar-refractivity contribution in [1.82, 2.24) is 14.5 Å². The van der Waals surface area contributed by atoms with Crippen molar-refractivity contribution in [3.05, 3.63) is 41.7 Å². The minimum Gasteiger partial charge on any atom is -0.493 e. The summed E-state index contributed by atoms with van der Waals surface area (Å²) in [6, 6.07) is 6.56. The summed E-state index contributed by atoms with van der Waals surface area (Å²) in [5.74, 6) is 1.36. The minimum absolute atomic E-state index is 0.218. The third-order valence-corrected chi connectivity index (χ3v) is 7.51. The number of rotatable bonds is 6. The van der Waals surface area contributed by atoms with Crippen molar-refractivity contribution >= 4 is 10.0 Å². The van der Waals surface area contributed by atoms with Gasteiger partial charge in [-0.3, -0.25) is 4.68 Å². The van der Waals surface area contributed by atoms with E-state index in [-0.39, 0.29) is 10.9 Å². The largest absolute Gasteiger partial charge is 0.493 e. The molecule has 2 aromatic rings. The van der Waals surface area contributed by atoms with E-state index in [9.17, 15) is 8.42 Å². The van der Waals surface area contributed by atoms with Crippen LogP contribution in [-0.4, -0.2) is 24.8 Å². The molecule has 0 radical (unpaired) electrons. The fraction of sp³-hybridized carbons (Fsp3) is 0.571. The van der Waals surface area contributed by atoms with Gasteiger partial charge in [-0.15, -0.1) is 0 Å². The molecule has 6 nitrogen and oxygen atoms in total. The van der Waals surface area contributed by atoms with Crippen LogP contribution in [0.5, 0.6) is 5.75 Å². The minimum atomic E-state index is -3.59. The number of nitrogens with zero attached hydrogens (tertiary/aromatic N) is 2. The number of hydrogen-bond acceptors (Lipinski definition) is 4. The third kappa shape index (κ3) is 4.25.